The number of hydrogen-bond donors (Lipinski definition) is 1. The molecule has 1 aliphatic rings. The maximum Gasteiger partial charge on any atom is 0.336 e. The zero-order valence-electron chi connectivity index (χ0n) is 16.3. The summed E-state index contributed by atoms with van der Waals surface area (Å²) in [6.45, 7) is 2.12. The van der Waals surface area contributed by atoms with Gasteiger partial charge in [0.2, 0.25) is 0 Å². The molecule has 1 saturated heterocycles. The summed E-state index contributed by atoms with van der Waals surface area (Å²) in [5, 5.41) is 2.05. The van der Waals surface area contributed by atoms with Gasteiger partial charge in [-0.1, -0.05) is 18.1 Å². The number of anilines is 1. The van der Waals surface area contributed by atoms with Crippen LogP contribution in [0.5, 0.6) is 11.5 Å². The second kappa shape index (κ2) is 9.45. The van der Waals surface area contributed by atoms with Gasteiger partial charge in [-0.05, 0) is 58.8 Å². The second-order valence-corrected chi connectivity index (χ2v) is 7.02. The average Bonchev–Trinajstić information content (AvgIpc) is 2.72. The Morgan fingerprint density at radius 1 is 1.23 bits per heavy atom. The number of ether oxygens (including phenoxy) is 2. The number of urea groups is 1. The summed E-state index contributed by atoms with van der Waals surface area (Å²) in [6, 6.07) is 7.37. The first-order valence-electron chi connectivity index (χ1n) is 9.06. The number of carbonyl (C=O) groups is 3. The molecule has 0 bridgehead atoms. The van der Waals surface area contributed by atoms with Crippen LogP contribution in [0.4, 0.5) is 14.9 Å². The number of imide groups is 2. The maximum atomic E-state index is 14.2. The van der Waals surface area contributed by atoms with Crippen molar-refractivity contribution >= 4 is 45.5 Å². The normalized spacial score (nSPS) is 15.0. The molecule has 0 spiro atoms. The van der Waals surface area contributed by atoms with Crippen LogP contribution < -0.4 is 19.7 Å². The fourth-order valence-electron chi connectivity index (χ4n) is 2.86. The van der Waals surface area contributed by atoms with E-state index in [1.54, 1.807) is 19.1 Å². The third-order valence-electron chi connectivity index (χ3n) is 4.14. The van der Waals surface area contributed by atoms with Crippen LogP contribution in [0.1, 0.15) is 12.5 Å². The number of amides is 4. The van der Waals surface area contributed by atoms with Crippen molar-refractivity contribution < 1.29 is 28.2 Å². The molecule has 1 aliphatic heterocycles. The molecule has 4 amide bonds. The molecular formula is C22H16BrFN2O5. The van der Waals surface area contributed by atoms with Crippen LogP contribution >= 0.6 is 15.9 Å². The summed E-state index contributed by atoms with van der Waals surface area (Å²) < 4.78 is 25.7. The number of rotatable bonds is 6. The number of halogens is 2. The van der Waals surface area contributed by atoms with Gasteiger partial charge in [0.15, 0.2) is 11.5 Å². The van der Waals surface area contributed by atoms with Gasteiger partial charge in [-0.15, -0.1) is 6.42 Å². The molecular weight excluding hydrogens is 471 g/mol. The van der Waals surface area contributed by atoms with Crippen molar-refractivity contribution in [2.75, 3.05) is 18.1 Å². The van der Waals surface area contributed by atoms with Crippen molar-refractivity contribution in [1.29, 1.82) is 0 Å². The van der Waals surface area contributed by atoms with E-state index in [1.165, 1.54) is 24.3 Å². The van der Waals surface area contributed by atoms with Gasteiger partial charge in [0, 0.05) is 0 Å². The molecule has 1 fully saturated rings. The van der Waals surface area contributed by atoms with Crippen LogP contribution in [-0.4, -0.2) is 31.1 Å². The largest absolute Gasteiger partial charge is 0.490 e. The summed E-state index contributed by atoms with van der Waals surface area (Å²) in [7, 11) is 0. The lowest BCUT2D eigenvalue weighted by Gasteiger charge is -2.26. The first-order chi connectivity index (χ1) is 14.9. The molecule has 31 heavy (non-hydrogen) atoms. The van der Waals surface area contributed by atoms with E-state index in [4.69, 9.17) is 15.9 Å². The van der Waals surface area contributed by atoms with Crippen LogP contribution in [0.25, 0.3) is 6.08 Å². The van der Waals surface area contributed by atoms with E-state index in [2.05, 4.69) is 27.2 Å². The van der Waals surface area contributed by atoms with Crippen molar-refractivity contribution in [1.82, 2.24) is 5.32 Å². The average molecular weight is 487 g/mol. The molecule has 9 heteroatoms. The number of barbiturate groups is 1. The molecule has 0 aliphatic carbocycles. The van der Waals surface area contributed by atoms with Gasteiger partial charge < -0.3 is 9.47 Å². The van der Waals surface area contributed by atoms with Crippen LogP contribution in [-0.2, 0) is 9.59 Å². The Bertz CT molecular complexity index is 1140. The molecule has 7 nitrogen and oxygen atoms in total. The summed E-state index contributed by atoms with van der Waals surface area (Å²) >= 11 is 3.36. The molecule has 0 atom stereocenters. The summed E-state index contributed by atoms with van der Waals surface area (Å²) in [6.07, 6.45) is 6.51. The highest BCUT2D eigenvalue weighted by Gasteiger charge is 2.38. The van der Waals surface area contributed by atoms with Crippen molar-refractivity contribution in [3.8, 4) is 23.8 Å². The summed E-state index contributed by atoms with van der Waals surface area (Å²) in [4.78, 5) is 38.1. The zero-order chi connectivity index (χ0) is 22.5. The minimum Gasteiger partial charge on any atom is -0.490 e. The Morgan fingerprint density at radius 3 is 2.65 bits per heavy atom. The van der Waals surface area contributed by atoms with Crippen LogP contribution in [0.2, 0.25) is 0 Å². The molecule has 0 unspecified atom stereocenters. The number of para-hydroxylation sites is 1. The second-order valence-electron chi connectivity index (χ2n) is 6.17. The van der Waals surface area contributed by atoms with Gasteiger partial charge in [-0.25, -0.2) is 14.1 Å². The lowest BCUT2D eigenvalue weighted by atomic mass is 10.1. The highest BCUT2D eigenvalue weighted by atomic mass is 79.9. The third-order valence-corrected chi connectivity index (χ3v) is 4.73. The standard InChI is InChI=1S/C22H16BrFN2O5/c1-3-9-31-19-15(23)11-13(12-18(19)30-4-2)10-14-20(27)25-22(29)26(21(14)28)17-8-6-5-7-16(17)24/h1,5-8,10-12H,4,9H2,2H3,(H,25,27,29)/b14-10-. The minimum absolute atomic E-state index is 0.0136. The van der Waals surface area contributed by atoms with Crippen molar-refractivity contribution in [2.45, 2.75) is 6.92 Å². The van der Waals surface area contributed by atoms with Crippen molar-refractivity contribution in [3.63, 3.8) is 0 Å². The molecule has 1 N–H and O–H groups in total. The molecule has 158 valence electrons. The first-order valence-corrected chi connectivity index (χ1v) is 9.85. The Labute approximate surface area is 185 Å². The number of hydrogen-bond acceptors (Lipinski definition) is 5. The SMILES string of the molecule is C#CCOc1c(Br)cc(/C=C2/C(=O)NC(=O)N(c3ccccc3F)C2=O)cc1OCC. The molecule has 2 aromatic carbocycles. The van der Waals surface area contributed by atoms with Gasteiger partial charge in [0.05, 0.1) is 16.8 Å². The molecule has 1 heterocycles. The quantitative estimate of drug-likeness (QED) is 0.382. The molecule has 0 aromatic heterocycles. The van der Waals surface area contributed by atoms with Gasteiger partial charge in [-0.3, -0.25) is 14.9 Å². The predicted octanol–water partition coefficient (Wildman–Crippen LogP) is 3.67. The smallest absolute Gasteiger partial charge is 0.336 e. The Balaban J connectivity index is 2.04. The minimum atomic E-state index is -1.04. The van der Waals surface area contributed by atoms with Gasteiger partial charge >= 0.3 is 6.03 Å². The lowest BCUT2D eigenvalue weighted by Crippen LogP contribution is -2.54. The van der Waals surface area contributed by atoms with Crippen molar-refractivity contribution in [2.24, 2.45) is 0 Å². The molecule has 0 radical (unpaired) electrons. The summed E-state index contributed by atoms with van der Waals surface area (Å²) in [5.74, 6) is 0.423. The maximum absolute atomic E-state index is 14.2. The lowest BCUT2D eigenvalue weighted by molar-refractivity contribution is -0.122. The van der Waals surface area contributed by atoms with Gasteiger partial charge in [-0.2, -0.15) is 0 Å². The molecule has 2 aromatic rings. The van der Waals surface area contributed by atoms with Gasteiger partial charge in [0.1, 0.15) is 18.0 Å². The van der Waals surface area contributed by atoms with Crippen LogP contribution in [0, 0.1) is 18.2 Å². The Morgan fingerprint density at radius 2 is 1.97 bits per heavy atom. The Kier molecular flexibility index (Phi) is 6.72. The number of terminal acetylenes is 1. The van der Waals surface area contributed by atoms with Gasteiger partial charge in [0.25, 0.3) is 11.8 Å². The van der Waals surface area contributed by atoms with Crippen LogP contribution in [0.3, 0.4) is 0 Å². The number of nitrogens with zero attached hydrogens (tertiary/aromatic N) is 1. The number of nitrogens with one attached hydrogen (secondary N) is 1. The van der Waals surface area contributed by atoms with E-state index in [0.29, 0.717) is 33.0 Å². The Hall–Kier alpha value is -3.64. The third kappa shape index (κ3) is 4.59. The number of benzene rings is 2. The van der Waals surface area contributed by atoms with E-state index in [9.17, 15) is 18.8 Å². The first kappa shape index (κ1) is 22.1. The van der Waals surface area contributed by atoms with E-state index >= 15 is 0 Å². The number of carbonyl (C=O) groups excluding carboxylic acids is 3. The fraction of sp³-hybridized carbons (Fsp3) is 0.136. The topological polar surface area (TPSA) is 84.9 Å². The monoisotopic (exact) mass is 486 g/mol. The summed E-state index contributed by atoms with van der Waals surface area (Å²) in [5.41, 5.74) is -0.211. The van der Waals surface area contributed by atoms with E-state index < -0.39 is 23.7 Å². The predicted molar refractivity (Wildman–Crippen MR) is 115 cm³/mol. The van der Waals surface area contributed by atoms with Crippen LogP contribution in [0.15, 0.2) is 46.4 Å². The zero-order valence-corrected chi connectivity index (χ0v) is 17.9. The molecule has 3 rings (SSSR count). The van der Waals surface area contributed by atoms with E-state index in [-0.39, 0.29) is 17.9 Å². The van der Waals surface area contributed by atoms with E-state index in [0.717, 1.165) is 6.07 Å². The molecule has 0 saturated carbocycles. The highest BCUT2D eigenvalue weighted by molar-refractivity contribution is 9.10. The fourth-order valence-corrected chi connectivity index (χ4v) is 3.44. The highest BCUT2D eigenvalue weighted by Crippen LogP contribution is 2.38. The van der Waals surface area contributed by atoms with Crippen molar-refractivity contribution in [3.05, 3.63) is 57.8 Å². The van der Waals surface area contributed by atoms with E-state index in [1.807, 2.05) is 0 Å².